The molecule has 0 amide bonds. The third-order valence-electron chi connectivity index (χ3n) is 1.38. The van der Waals surface area contributed by atoms with Crippen LogP contribution in [0.3, 0.4) is 0 Å². The van der Waals surface area contributed by atoms with Crippen molar-refractivity contribution in [3.8, 4) is 0 Å². The first kappa shape index (κ1) is 10.7. The van der Waals surface area contributed by atoms with E-state index in [-0.39, 0.29) is 11.5 Å². The Morgan fingerprint density at radius 1 is 1.38 bits per heavy atom. The highest BCUT2D eigenvalue weighted by molar-refractivity contribution is 9.10. The normalized spacial score (nSPS) is 11.5. The minimum absolute atomic E-state index is 0.143. The van der Waals surface area contributed by atoms with Crippen molar-refractivity contribution < 1.29 is 12.6 Å². The Labute approximate surface area is 86.0 Å². The summed E-state index contributed by atoms with van der Waals surface area (Å²) in [6.45, 7) is 1.78. The van der Waals surface area contributed by atoms with Crippen LogP contribution in [0.4, 0.5) is 0 Å². The molecule has 72 valence electrons. The fraction of sp³-hybridized carbons (Fsp3) is 0.250. The van der Waals surface area contributed by atoms with E-state index in [9.17, 15) is 8.42 Å². The summed E-state index contributed by atoms with van der Waals surface area (Å²) in [6.07, 6.45) is 0. The molecule has 3 nitrogen and oxygen atoms in total. The highest BCUT2D eigenvalue weighted by atomic mass is 79.9. The van der Waals surface area contributed by atoms with Crippen LogP contribution in [0.15, 0.2) is 33.6 Å². The zero-order valence-electron chi connectivity index (χ0n) is 7.03. The minimum Gasteiger partial charge on any atom is -0.267 e. The van der Waals surface area contributed by atoms with Crippen molar-refractivity contribution in [3.63, 3.8) is 0 Å². The van der Waals surface area contributed by atoms with Gasteiger partial charge in [0, 0.05) is 4.47 Å². The predicted octanol–water partition coefficient (Wildman–Crippen LogP) is 2.17. The van der Waals surface area contributed by atoms with Crippen molar-refractivity contribution in [3.05, 3.63) is 28.7 Å². The van der Waals surface area contributed by atoms with Gasteiger partial charge >= 0.3 is 0 Å². The molecule has 1 aromatic carbocycles. The molecular weight excluding hydrogens is 256 g/mol. The summed E-state index contributed by atoms with van der Waals surface area (Å²) in [5.74, 6) is 0. The second kappa shape index (κ2) is 4.21. The summed E-state index contributed by atoms with van der Waals surface area (Å²) >= 11 is 3.14. The van der Waals surface area contributed by atoms with E-state index in [0.717, 1.165) is 0 Å². The zero-order valence-corrected chi connectivity index (χ0v) is 9.43. The Balaban J connectivity index is 3.15. The van der Waals surface area contributed by atoms with Crippen LogP contribution >= 0.6 is 15.9 Å². The third kappa shape index (κ3) is 2.52. The van der Waals surface area contributed by atoms with Gasteiger partial charge in [-0.1, -0.05) is 12.1 Å². The summed E-state index contributed by atoms with van der Waals surface area (Å²) in [6, 6.07) is 6.55. The molecule has 5 heteroatoms. The van der Waals surface area contributed by atoms with Gasteiger partial charge in [-0.25, -0.2) is 0 Å². The molecule has 0 saturated heterocycles. The van der Waals surface area contributed by atoms with Crippen LogP contribution in [-0.2, 0) is 14.3 Å². The molecule has 13 heavy (non-hydrogen) atoms. The molecule has 0 atom stereocenters. The summed E-state index contributed by atoms with van der Waals surface area (Å²) < 4.78 is 28.0. The summed E-state index contributed by atoms with van der Waals surface area (Å²) in [4.78, 5) is 0.164. The lowest BCUT2D eigenvalue weighted by Gasteiger charge is -2.04. The number of hydrogen-bond acceptors (Lipinski definition) is 3. The van der Waals surface area contributed by atoms with Crippen LogP contribution in [0.5, 0.6) is 0 Å². The fourth-order valence-electron chi connectivity index (χ4n) is 0.866. The Morgan fingerprint density at radius 3 is 2.54 bits per heavy atom. The number of halogens is 1. The van der Waals surface area contributed by atoms with Crippen molar-refractivity contribution in [1.82, 2.24) is 0 Å². The quantitative estimate of drug-likeness (QED) is 0.787. The lowest BCUT2D eigenvalue weighted by Crippen LogP contribution is -2.06. The lowest BCUT2D eigenvalue weighted by molar-refractivity contribution is 0.338. The topological polar surface area (TPSA) is 43.4 Å². The van der Waals surface area contributed by atoms with Gasteiger partial charge in [-0.3, -0.25) is 4.18 Å². The first-order valence-corrected chi connectivity index (χ1v) is 5.92. The van der Waals surface area contributed by atoms with Crippen LogP contribution in [-0.4, -0.2) is 15.0 Å². The smallest absolute Gasteiger partial charge is 0.267 e. The first-order valence-electron chi connectivity index (χ1n) is 3.72. The lowest BCUT2D eigenvalue weighted by atomic mass is 10.4. The van der Waals surface area contributed by atoms with Crippen LogP contribution in [0.1, 0.15) is 6.92 Å². The molecule has 0 aromatic heterocycles. The Bertz CT molecular complexity index is 386. The van der Waals surface area contributed by atoms with Gasteiger partial charge < -0.3 is 0 Å². The molecule has 0 saturated carbocycles. The highest BCUT2D eigenvalue weighted by Crippen LogP contribution is 2.22. The molecule has 1 aromatic rings. The van der Waals surface area contributed by atoms with Crippen molar-refractivity contribution in [2.75, 3.05) is 6.61 Å². The molecule has 0 heterocycles. The average molecular weight is 265 g/mol. The van der Waals surface area contributed by atoms with E-state index in [1.807, 2.05) is 0 Å². The second-order valence-electron chi connectivity index (χ2n) is 2.29. The SMILES string of the molecule is CCOS(=O)(=O)c1ccccc1Br. The molecule has 0 radical (unpaired) electrons. The molecule has 0 aliphatic rings. The Kier molecular flexibility index (Phi) is 3.47. The van der Waals surface area contributed by atoms with Gasteiger partial charge in [0.05, 0.1) is 6.61 Å². The average Bonchev–Trinajstić information content (AvgIpc) is 2.04. The molecule has 0 unspecified atom stereocenters. The van der Waals surface area contributed by atoms with Crippen molar-refractivity contribution in [2.45, 2.75) is 11.8 Å². The molecule has 0 fully saturated rings. The predicted molar refractivity (Wildman–Crippen MR) is 53.0 cm³/mol. The maximum absolute atomic E-state index is 11.4. The molecule has 0 aliphatic heterocycles. The van der Waals surface area contributed by atoms with Gasteiger partial charge in [-0.15, -0.1) is 0 Å². The van der Waals surface area contributed by atoms with Crippen LogP contribution < -0.4 is 0 Å². The van der Waals surface area contributed by atoms with Crippen LogP contribution in [0.25, 0.3) is 0 Å². The second-order valence-corrected chi connectivity index (χ2v) is 4.73. The van der Waals surface area contributed by atoms with E-state index >= 15 is 0 Å². The zero-order chi connectivity index (χ0) is 9.90. The van der Waals surface area contributed by atoms with E-state index in [2.05, 4.69) is 20.1 Å². The largest absolute Gasteiger partial charge is 0.298 e. The van der Waals surface area contributed by atoms with Crippen LogP contribution in [0.2, 0.25) is 0 Å². The standard InChI is InChI=1S/C8H9BrO3S/c1-2-12-13(10,11)8-6-4-3-5-7(8)9/h3-6H,2H2,1H3. The number of benzene rings is 1. The fourth-order valence-corrected chi connectivity index (χ4v) is 2.74. The maximum atomic E-state index is 11.4. The highest BCUT2D eigenvalue weighted by Gasteiger charge is 2.16. The van der Waals surface area contributed by atoms with Gasteiger partial charge in [-0.2, -0.15) is 8.42 Å². The maximum Gasteiger partial charge on any atom is 0.298 e. The summed E-state index contributed by atoms with van der Waals surface area (Å²) in [5, 5.41) is 0. The van der Waals surface area contributed by atoms with Gasteiger partial charge in [0.1, 0.15) is 4.90 Å². The van der Waals surface area contributed by atoms with E-state index in [4.69, 9.17) is 0 Å². The monoisotopic (exact) mass is 264 g/mol. The summed E-state index contributed by atoms with van der Waals surface area (Å²) in [5.41, 5.74) is 0. The van der Waals surface area contributed by atoms with Gasteiger partial charge in [0.25, 0.3) is 10.1 Å². The Morgan fingerprint density at radius 2 is 2.00 bits per heavy atom. The molecule has 0 spiro atoms. The van der Waals surface area contributed by atoms with Crippen molar-refractivity contribution >= 4 is 26.0 Å². The molecule has 1 rings (SSSR count). The Hall–Kier alpha value is -0.390. The summed E-state index contributed by atoms with van der Waals surface area (Å²) in [7, 11) is -3.59. The van der Waals surface area contributed by atoms with Crippen LogP contribution in [0, 0.1) is 0 Å². The van der Waals surface area contributed by atoms with Gasteiger partial charge in [0.15, 0.2) is 0 Å². The molecular formula is C8H9BrO3S. The van der Waals surface area contributed by atoms with E-state index in [1.165, 1.54) is 6.07 Å². The third-order valence-corrected chi connectivity index (χ3v) is 3.77. The van der Waals surface area contributed by atoms with Crippen molar-refractivity contribution in [2.24, 2.45) is 0 Å². The van der Waals surface area contributed by atoms with E-state index in [0.29, 0.717) is 4.47 Å². The van der Waals surface area contributed by atoms with Crippen molar-refractivity contribution in [1.29, 1.82) is 0 Å². The van der Waals surface area contributed by atoms with E-state index < -0.39 is 10.1 Å². The van der Waals surface area contributed by atoms with E-state index in [1.54, 1.807) is 25.1 Å². The molecule has 0 aliphatic carbocycles. The first-order chi connectivity index (χ1) is 6.08. The molecule has 0 N–H and O–H groups in total. The van der Waals surface area contributed by atoms with Gasteiger partial charge in [-0.05, 0) is 35.0 Å². The minimum atomic E-state index is -3.59. The van der Waals surface area contributed by atoms with Gasteiger partial charge in [0.2, 0.25) is 0 Å². The molecule has 0 bridgehead atoms. The number of hydrogen-bond donors (Lipinski definition) is 0. The number of rotatable bonds is 3.